The molecule has 1 aliphatic rings. The number of benzene rings is 1. The molecule has 1 aromatic rings. The zero-order valence-electron chi connectivity index (χ0n) is 11.1. The quantitative estimate of drug-likeness (QED) is 0.659. The lowest BCUT2D eigenvalue weighted by molar-refractivity contribution is -0.385. The lowest BCUT2D eigenvalue weighted by Crippen LogP contribution is -2.24. The molecule has 1 aromatic carbocycles. The summed E-state index contributed by atoms with van der Waals surface area (Å²) in [4.78, 5) is 10.7. The normalized spacial score (nSPS) is 22.6. The summed E-state index contributed by atoms with van der Waals surface area (Å²) >= 11 is 3.27. The summed E-state index contributed by atoms with van der Waals surface area (Å²) in [6, 6.07) is 5.23. The fourth-order valence-electron chi connectivity index (χ4n) is 2.77. The van der Waals surface area contributed by atoms with E-state index in [1.54, 1.807) is 6.07 Å². The third-order valence-electron chi connectivity index (χ3n) is 4.01. The minimum atomic E-state index is -0.319. The molecule has 0 radical (unpaired) electrons. The molecule has 2 unspecified atom stereocenters. The van der Waals surface area contributed by atoms with Crippen LogP contribution in [0.3, 0.4) is 0 Å². The van der Waals surface area contributed by atoms with Crippen LogP contribution in [0.2, 0.25) is 0 Å². The number of halogens is 1. The van der Waals surface area contributed by atoms with Crippen LogP contribution in [-0.2, 0) is 6.54 Å². The summed E-state index contributed by atoms with van der Waals surface area (Å²) in [6.45, 7) is 3.81. The van der Waals surface area contributed by atoms with E-state index in [4.69, 9.17) is 0 Å². The van der Waals surface area contributed by atoms with Crippen molar-refractivity contribution in [2.75, 3.05) is 6.54 Å². The van der Waals surface area contributed by atoms with E-state index in [9.17, 15) is 10.1 Å². The summed E-state index contributed by atoms with van der Waals surface area (Å²) in [6.07, 6.45) is 3.90. The van der Waals surface area contributed by atoms with Crippen LogP contribution in [-0.4, -0.2) is 11.5 Å². The molecular formula is C14H19BrN2O2. The van der Waals surface area contributed by atoms with Crippen molar-refractivity contribution in [3.8, 4) is 0 Å². The molecule has 19 heavy (non-hydrogen) atoms. The van der Waals surface area contributed by atoms with E-state index in [2.05, 4.69) is 28.2 Å². The molecule has 0 bridgehead atoms. The minimum Gasteiger partial charge on any atom is -0.312 e. The van der Waals surface area contributed by atoms with Gasteiger partial charge < -0.3 is 5.32 Å². The molecule has 104 valence electrons. The average Bonchev–Trinajstić information content (AvgIpc) is 2.77. The van der Waals surface area contributed by atoms with Gasteiger partial charge in [-0.1, -0.05) is 35.7 Å². The van der Waals surface area contributed by atoms with Gasteiger partial charge in [0.05, 0.1) is 4.92 Å². The second kappa shape index (κ2) is 6.48. The molecule has 0 spiro atoms. The van der Waals surface area contributed by atoms with Crippen LogP contribution in [0.25, 0.3) is 0 Å². The zero-order chi connectivity index (χ0) is 13.8. The first kappa shape index (κ1) is 14.5. The van der Waals surface area contributed by atoms with Crippen LogP contribution in [0.1, 0.15) is 31.7 Å². The topological polar surface area (TPSA) is 55.2 Å². The summed E-state index contributed by atoms with van der Waals surface area (Å²) in [7, 11) is 0. The van der Waals surface area contributed by atoms with Crippen molar-refractivity contribution in [1.29, 1.82) is 0 Å². The van der Waals surface area contributed by atoms with Gasteiger partial charge in [-0.25, -0.2) is 0 Å². The van der Waals surface area contributed by atoms with Gasteiger partial charge in [0.25, 0.3) is 5.69 Å². The molecule has 1 aliphatic carbocycles. The molecule has 0 aromatic heterocycles. The minimum absolute atomic E-state index is 0.182. The van der Waals surface area contributed by atoms with Gasteiger partial charge in [-0.3, -0.25) is 10.1 Å². The molecular weight excluding hydrogens is 308 g/mol. The van der Waals surface area contributed by atoms with E-state index in [1.807, 2.05) is 12.1 Å². The van der Waals surface area contributed by atoms with Crippen LogP contribution in [0, 0.1) is 22.0 Å². The van der Waals surface area contributed by atoms with Crippen molar-refractivity contribution in [3.05, 3.63) is 38.3 Å². The average molecular weight is 327 g/mol. The Morgan fingerprint density at radius 3 is 2.89 bits per heavy atom. The maximum Gasteiger partial charge on any atom is 0.275 e. The molecule has 1 N–H and O–H groups in total. The predicted molar refractivity (Wildman–Crippen MR) is 79.0 cm³/mol. The largest absolute Gasteiger partial charge is 0.312 e. The smallest absolute Gasteiger partial charge is 0.275 e. The Balaban J connectivity index is 1.94. The van der Waals surface area contributed by atoms with Crippen LogP contribution in [0.5, 0.6) is 0 Å². The monoisotopic (exact) mass is 326 g/mol. The van der Waals surface area contributed by atoms with E-state index in [0.29, 0.717) is 6.54 Å². The number of nitrogens with zero attached hydrogens (tertiary/aromatic N) is 1. The third kappa shape index (κ3) is 3.76. The van der Waals surface area contributed by atoms with Crippen molar-refractivity contribution < 1.29 is 4.92 Å². The van der Waals surface area contributed by atoms with Crippen LogP contribution < -0.4 is 5.32 Å². The molecule has 0 aliphatic heterocycles. The molecule has 2 rings (SSSR count). The summed E-state index contributed by atoms with van der Waals surface area (Å²) in [5.41, 5.74) is 0.931. The zero-order valence-corrected chi connectivity index (χ0v) is 12.6. The first-order chi connectivity index (χ1) is 9.08. The number of nitro groups is 1. The Hall–Kier alpha value is -0.940. The van der Waals surface area contributed by atoms with Gasteiger partial charge in [-0.2, -0.15) is 0 Å². The van der Waals surface area contributed by atoms with Crippen molar-refractivity contribution in [3.63, 3.8) is 0 Å². The number of nitro benzene ring substituents is 1. The van der Waals surface area contributed by atoms with Crippen molar-refractivity contribution in [2.24, 2.45) is 11.8 Å². The van der Waals surface area contributed by atoms with E-state index in [0.717, 1.165) is 28.4 Å². The standard InChI is InChI=1S/C14H19BrN2O2/c1-10-3-2-4-11(10)8-16-9-12-5-6-13(15)7-14(12)17(18)19/h5-7,10-11,16H,2-4,8-9H2,1H3. The Morgan fingerprint density at radius 1 is 1.47 bits per heavy atom. The number of hydrogen-bond donors (Lipinski definition) is 1. The van der Waals surface area contributed by atoms with Gasteiger partial charge >= 0.3 is 0 Å². The lowest BCUT2D eigenvalue weighted by Gasteiger charge is -2.16. The summed E-state index contributed by atoms with van der Waals surface area (Å²) in [5.74, 6) is 1.49. The van der Waals surface area contributed by atoms with E-state index >= 15 is 0 Å². The predicted octanol–water partition coefficient (Wildman–Crippen LogP) is 3.88. The fraction of sp³-hybridized carbons (Fsp3) is 0.571. The highest BCUT2D eigenvalue weighted by Gasteiger charge is 2.23. The summed E-state index contributed by atoms with van der Waals surface area (Å²) in [5, 5.41) is 14.4. The molecule has 1 saturated carbocycles. The van der Waals surface area contributed by atoms with Crippen LogP contribution in [0.15, 0.2) is 22.7 Å². The maximum absolute atomic E-state index is 11.0. The Kier molecular flexibility index (Phi) is 4.93. The van der Waals surface area contributed by atoms with Crippen molar-refractivity contribution in [2.45, 2.75) is 32.7 Å². The van der Waals surface area contributed by atoms with Crippen molar-refractivity contribution in [1.82, 2.24) is 5.32 Å². The molecule has 0 heterocycles. The lowest BCUT2D eigenvalue weighted by atomic mass is 9.98. The highest BCUT2D eigenvalue weighted by Crippen LogP contribution is 2.30. The molecule has 0 amide bonds. The number of nitrogens with one attached hydrogen (secondary N) is 1. The molecule has 5 heteroatoms. The van der Waals surface area contributed by atoms with Crippen LogP contribution in [0.4, 0.5) is 5.69 Å². The number of rotatable bonds is 5. The van der Waals surface area contributed by atoms with Gasteiger partial charge in [0.2, 0.25) is 0 Å². The third-order valence-corrected chi connectivity index (χ3v) is 4.50. The Bertz CT molecular complexity index is 465. The number of hydrogen-bond acceptors (Lipinski definition) is 3. The van der Waals surface area contributed by atoms with Gasteiger partial charge in [0.15, 0.2) is 0 Å². The molecule has 4 nitrogen and oxygen atoms in total. The Morgan fingerprint density at radius 2 is 2.26 bits per heavy atom. The molecule has 1 fully saturated rings. The fourth-order valence-corrected chi connectivity index (χ4v) is 3.12. The van der Waals surface area contributed by atoms with Crippen molar-refractivity contribution >= 4 is 21.6 Å². The van der Waals surface area contributed by atoms with Gasteiger partial charge in [0.1, 0.15) is 0 Å². The highest BCUT2D eigenvalue weighted by atomic mass is 79.9. The van der Waals surface area contributed by atoms with E-state index in [1.165, 1.54) is 19.3 Å². The van der Waals surface area contributed by atoms with Gasteiger partial charge in [-0.05, 0) is 36.9 Å². The van der Waals surface area contributed by atoms with Gasteiger partial charge in [-0.15, -0.1) is 0 Å². The van der Waals surface area contributed by atoms with Crippen LogP contribution >= 0.6 is 15.9 Å². The van der Waals surface area contributed by atoms with Gasteiger partial charge in [0, 0.05) is 22.6 Å². The first-order valence-corrected chi connectivity index (χ1v) is 7.50. The highest BCUT2D eigenvalue weighted by molar-refractivity contribution is 9.10. The second-order valence-electron chi connectivity index (χ2n) is 5.33. The first-order valence-electron chi connectivity index (χ1n) is 6.71. The molecule has 2 atom stereocenters. The SMILES string of the molecule is CC1CCCC1CNCc1ccc(Br)cc1[N+](=O)[O-]. The summed E-state index contributed by atoms with van der Waals surface area (Å²) < 4.78 is 0.743. The molecule has 0 saturated heterocycles. The second-order valence-corrected chi connectivity index (χ2v) is 6.24. The maximum atomic E-state index is 11.0. The Labute approximate surface area is 121 Å². The van der Waals surface area contributed by atoms with E-state index < -0.39 is 0 Å². The van der Waals surface area contributed by atoms with E-state index in [-0.39, 0.29) is 10.6 Å².